The third-order valence-electron chi connectivity index (χ3n) is 5.57. The highest BCUT2D eigenvalue weighted by Gasteiger charge is 2.44. The number of rotatable bonds is 9. The standard InChI is InChI=1S/C28H34O2P/c1-28(2,3)27(29)30-22-14-7-15-23-31(24-16-8-4-9-17-24,25-18-10-5-11-19-25)26-20-12-6-13-21-26/h4-6,8-13,16-21H,7,14-15,22-23H2,1-3H3/q+1. The van der Waals surface area contributed by atoms with Gasteiger partial charge < -0.3 is 4.74 Å². The third kappa shape index (κ3) is 5.83. The second kappa shape index (κ2) is 10.7. The summed E-state index contributed by atoms with van der Waals surface area (Å²) in [4.78, 5) is 12.0. The van der Waals surface area contributed by atoms with Crippen LogP contribution in [0.25, 0.3) is 0 Å². The van der Waals surface area contributed by atoms with Gasteiger partial charge in [-0.05, 0) is 76.4 Å². The molecule has 0 unspecified atom stereocenters. The number of esters is 1. The molecule has 0 bridgehead atoms. The molecule has 0 atom stereocenters. The number of ether oxygens (including phenoxy) is 1. The maximum Gasteiger partial charge on any atom is 0.311 e. The molecule has 0 aliphatic rings. The van der Waals surface area contributed by atoms with Crippen LogP contribution < -0.4 is 15.9 Å². The van der Waals surface area contributed by atoms with Crippen LogP contribution in [-0.4, -0.2) is 18.7 Å². The minimum atomic E-state index is -1.76. The molecule has 31 heavy (non-hydrogen) atoms. The lowest BCUT2D eigenvalue weighted by Crippen LogP contribution is -2.33. The van der Waals surface area contributed by atoms with Gasteiger partial charge in [0.1, 0.15) is 23.2 Å². The quantitative estimate of drug-likeness (QED) is 0.244. The van der Waals surface area contributed by atoms with E-state index in [2.05, 4.69) is 91.0 Å². The molecule has 0 amide bonds. The summed E-state index contributed by atoms with van der Waals surface area (Å²) in [5, 5.41) is 4.27. The molecule has 3 rings (SSSR count). The zero-order valence-corrected chi connectivity index (χ0v) is 19.9. The molecular weight excluding hydrogens is 399 g/mol. The lowest BCUT2D eigenvalue weighted by atomic mass is 9.97. The van der Waals surface area contributed by atoms with E-state index >= 15 is 0 Å². The third-order valence-corrected chi connectivity index (χ3v) is 10.1. The Kier molecular flexibility index (Phi) is 8.04. The van der Waals surface area contributed by atoms with E-state index in [1.807, 2.05) is 20.8 Å². The summed E-state index contributed by atoms with van der Waals surface area (Å²) < 4.78 is 5.46. The smallest absolute Gasteiger partial charge is 0.311 e. The van der Waals surface area contributed by atoms with Crippen molar-refractivity contribution in [3.63, 3.8) is 0 Å². The SMILES string of the molecule is CC(C)(C)C(=O)OCCCCC[P+](c1ccccc1)(c1ccccc1)c1ccccc1. The average Bonchev–Trinajstić information content (AvgIpc) is 2.80. The molecule has 0 radical (unpaired) electrons. The highest BCUT2D eigenvalue weighted by Crippen LogP contribution is 2.55. The second-order valence-corrected chi connectivity index (χ2v) is 12.6. The van der Waals surface area contributed by atoms with E-state index in [0.717, 1.165) is 25.4 Å². The molecule has 0 heterocycles. The van der Waals surface area contributed by atoms with E-state index in [-0.39, 0.29) is 5.97 Å². The highest BCUT2D eigenvalue weighted by atomic mass is 31.2. The fraction of sp³-hybridized carbons (Fsp3) is 0.321. The van der Waals surface area contributed by atoms with Gasteiger partial charge in [-0.3, -0.25) is 4.79 Å². The van der Waals surface area contributed by atoms with Crippen LogP contribution in [0.4, 0.5) is 0 Å². The maximum atomic E-state index is 12.0. The van der Waals surface area contributed by atoms with E-state index in [1.165, 1.54) is 15.9 Å². The van der Waals surface area contributed by atoms with Crippen LogP contribution in [0.1, 0.15) is 40.0 Å². The fourth-order valence-electron chi connectivity index (χ4n) is 3.89. The average molecular weight is 434 g/mol. The van der Waals surface area contributed by atoms with Crippen LogP contribution in [-0.2, 0) is 9.53 Å². The summed E-state index contributed by atoms with van der Waals surface area (Å²) >= 11 is 0. The van der Waals surface area contributed by atoms with Crippen molar-refractivity contribution in [3.05, 3.63) is 91.0 Å². The molecule has 0 aliphatic carbocycles. The van der Waals surface area contributed by atoms with Crippen molar-refractivity contribution in [2.75, 3.05) is 12.8 Å². The van der Waals surface area contributed by atoms with Crippen LogP contribution in [0, 0.1) is 5.41 Å². The molecule has 162 valence electrons. The first kappa shape index (κ1) is 23.2. The molecule has 3 heteroatoms. The Bertz CT molecular complexity index is 834. The van der Waals surface area contributed by atoms with Crippen LogP contribution in [0.2, 0.25) is 0 Å². The number of hydrogen-bond acceptors (Lipinski definition) is 2. The van der Waals surface area contributed by atoms with Gasteiger partial charge in [-0.1, -0.05) is 54.6 Å². The van der Waals surface area contributed by atoms with Gasteiger partial charge in [-0.2, -0.15) is 0 Å². The molecule has 2 nitrogen and oxygen atoms in total. The summed E-state index contributed by atoms with van der Waals surface area (Å²) in [6.45, 7) is 6.19. The highest BCUT2D eigenvalue weighted by molar-refractivity contribution is 7.95. The molecule has 3 aromatic rings. The summed E-state index contributed by atoms with van der Waals surface area (Å²) in [7, 11) is -1.76. The summed E-state index contributed by atoms with van der Waals surface area (Å²) in [5.74, 6) is -0.118. The monoisotopic (exact) mass is 433 g/mol. The van der Waals surface area contributed by atoms with E-state index in [9.17, 15) is 4.79 Å². The Morgan fingerprint density at radius 3 is 1.48 bits per heavy atom. The Labute approximate surface area is 188 Å². The van der Waals surface area contributed by atoms with Crippen molar-refractivity contribution < 1.29 is 9.53 Å². The fourth-order valence-corrected chi connectivity index (χ4v) is 8.30. The van der Waals surface area contributed by atoms with Gasteiger partial charge in [-0.25, -0.2) is 0 Å². The summed E-state index contributed by atoms with van der Waals surface area (Å²) in [6, 6.07) is 33.0. The van der Waals surface area contributed by atoms with Gasteiger partial charge in [0.25, 0.3) is 0 Å². The maximum absolute atomic E-state index is 12.0. The van der Waals surface area contributed by atoms with E-state index in [1.54, 1.807) is 0 Å². The molecule has 0 saturated carbocycles. The topological polar surface area (TPSA) is 26.3 Å². The van der Waals surface area contributed by atoms with Crippen LogP contribution in [0.3, 0.4) is 0 Å². The Balaban J connectivity index is 1.81. The molecule has 0 spiro atoms. The number of unbranched alkanes of at least 4 members (excludes halogenated alkanes) is 2. The molecule has 0 N–H and O–H groups in total. The molecule has 0 aliphatic heterocycles. The van der Waals surface area contributed by atoms with E-state index in [4.69, 9.17) is 4.74 Å². The lowest BCUT2D eigenvalue weighted by molar-refractivity contribution is -0.153. The summed E-state index contributed by atoms with van der Waals surface area (Å²) in [6.07, 6.45) is 4.16. The molecule has 0 fully saturated rings. The first-order valence-electron chi connectivity index (χ1n) is 11.2. The predicted octanol–water partition coefficient (Wildman–Crippen LogP) is 5.74. The van der Waals surface area contributed by atoms with Gasteiger partial charge in [-0.15, -0.1) is 0 Å². The van der Waals surface area contributed by atoms with Crippen molar-refractivity contribution in [3.8, 4) is 0 Å². The predicted molar refractivity (Wildman–Crippen MR) is 134 cm³/mol. The van der Waals surface area contributed by atoms with Crippen molar-refractivity contribution >= 4 is 29.1 Å². The lowest BCUT2D eigenvalue weighted by Gasteiger charge is -2.27. The molecular formula is C28H34O2P+. The van der Waals surface area contributed by atoms with Crippen molar-refractivity contribution in [2.24, 2.45) is 5.41 Å². The molecule has 3 aromatic carbocycles. The first-order chi connectivity index (χ1) is 14.9. The Morgan fingerprint density at radius 2 is 1.10 bits per heavy atom. The van der Waals surface area contributed by atoms with Gasteiger partial charge in [0, 0.05) is 0 Å². The van der Waals surface area contributed by atoms with Crippen LogP contribution in [0.15, 0.2) is 91.0 Å². The zero-order chi connectivity index (χ0) is 22.2. The van der Waals surface area contributed by atoms with Gasteiger partial charge in [0.05, 0.1) is 18.2 Å². The second-order valence-electron chi connectivity index (χ2n) is 8.99. The largest absolute Gasteiger partial charge is 0.465 e. The number of hydrogen-bond donors (Lipinski definition) is 0. The van der Waals surface area contributed by atoms with Crippen molar-refractivity contribution in [2.45, 2.75) is 40.0 Å². The summed E-state index contributed by atoms with van der Waals surface area (Å²) in [5.41, 5.74) is -0.436. The van der Waals surface area contributed by atoms with Gasteiger partial charge in [0.15, 0.2) is 0 Å². The van der Waals surface area contributed by atoms with Crippen LogP contribution >= 0.6 is 7.26 Å². The van der Waals surface area contributed by atoms with Crippen molar-refractivity contribution in [1.29, 1.82) is 0 Å². The number of carbonyl (C=O) groups excluding carboxylic acids is 1. The van der Waals surface area contributed by atoms with E-state index < -0.39 is 12.7 Å². The van der Waals surface area contributed by atoms with Crippen LogP contribution in [0.5, 0.6) is 0 Å². The normalized spacial score (nSPS) is 11.8. The van der Waals surface area contributed by atoms with E-state index in [0.29, 0.717) is 6.61 Å². The van der Waals surface area contributed by atoms with Gasteiger partial charge in [0.2, 0.25) is 0 Å². The number of benzene rings is 3. The molecule has 0 saturated heterocycles. The molecule has 0 aromatic heterocycles. The van der Waals surface area contributed by atoms with Crippen molar-refractivity contribution in [1.82, 2.24) is 0 Å². The Morgan fingerprint density at radius 1 is 0.677 bits per heavy atom. The number of carbonyl (C=O) groups is 1. The first-order valence-corrected chi connectivity index (χ1v) is 13.1. The minimum absolute atomic E-state index is 0.118. The Hall–Kier alpha value is -2.44. The minimum Gasteiger partial charge on any atom is -0.465 e. The van der Waals surface area contributed by atoms with Gasteiger partial charge >= 0.3 is 5.97 Å². The zero-order valence-electron chi connectivity index (χ0n) is 19.0.